The van der Waals surface area contributed by atoms with E-state index in [0.29, 0.717) is 5.57 Å². The fourth-order valence-corrected chi connectivity index (χ4v) is 4.27. The third-order valence-corrected chi connectivity index (χ3v) is 6.03. The lowest BCUT2D eigenvalue weighted by molar-refractivity contribution is -0.170. The zero-order valence-corrected chi connectivity index (χ0v) is 15.1. The first kappa shape index (κ1) is 17.0. The average Bonchev–Trinajstić information content (AvgIpc) is 2.98. The molecule has 1 heterocycles. The SMILES string of the molecule is C/C=C(/C)C(=O)O[C@@]1(C)C(=O)O[C@@H]2[C@H]3C(C)=CCC3=C(C)CC[C@H]21. The molecule has 0 unspecified atom stereocenters. The van der Waals surface area contributed by atoms with Crippen LogP contribution in [0.25, 0.3) is 0 Å². The molecule has 4 atom stereocenters. The Morgan fingerprint density at radius 3 is 2.79 bits per heavy atom. The smallest absolute Gasteiger partial charge is 0.351 e. The first-order valence-corrected chi connectivity index (χ1v) is 8.72. The van der Waals surface area contributed by atoms with Gasteiger partial charge in [0.25, 0.3) is 0 Å². The van der Waals surface area contributed by atoms with Gasteiger partial charge in [-0.25, -0.2) is 9.59 Å². The Morgan fingerprint density at radius 2 is 2.12 bits per heavy atom. The molecule has 0 aromatic carbocycles. The van der Waals surface area contributed by atoms with Crippen LogP contribution in [0.3, 0.4) is 0 Å². The van der Waals surface area contributed by atoms with Gasteiger partial charge in [-0.3, -0.25) is 0 Å². The highest BCUT2D eigenvalue weighted by molar-refractivity contribution is 5.92. The molecule has 4 heteroatoms. The number of ether oxygens (including phenoxy) is 2. The fraction of sp³-hybridized carbons (Fsp3) is 0.600. The lowest BCUT2D eigenvalue weighted by Crippen LogP contribution is -2.44. The minimum Gasteiger partial charge on any atom is -0.458 e. The summed E-state index contributed by atoms with van der Waals surface area (Å²) >= 11 is 0. The van der Waals surface area contributed by atoms with Gasteiger partial charge in [-0.05, 0) is 53.9 Å². The topological polar surface area (TPSA) is 52.6 Å². The molecule has 0 radical (unpaired) electrons. The molecule has 0 spiro atoms. The van der Waals surface area contributed by atoms with Crippen LogP contribution in [0.5, 0.6) is 0 Å². The largest absolute Gasteiger partial charge is 0.458 e. The third-order valence-electron chi connectivity index (χ3n) is 6.03. The molecule has 3 aliphatic rings. The highest BCUT2D eigenvalue weighted by atomic mass is 16.6. The Balaban J connectivity index is 1.95. The van der Waals surface area contributed by atoms with Crippen LogP contribution in [-0.4, -0.2) is 23.6 Å². The van der Waals surface area contributed by atoms with Crippen LogP contribution < -0.4 is 0 Å². The average molecular weight is 330 g/mol. The molecule has 3 rings (SSSR count). The van der Waals surface area contributed by atoms with Gasteiger partial charge in [0.2, 0.25) is 5.60 Å². The third kappa shape index (κ3) is 2.43. The molecular formula is C20H26O4. The predicted molar refractivity (Wildman–Crippen MR) is 91.1 cm³/mol. The quantitative estimate of drug-likeness (QED) is 0.438. The van der Waals surface area contributed by atoms with Crippen LogP contribution >= 0.6 is 0 Å². The van der Waals surface area contributed by atoms with E-state index in [1.54, 1.807) is 26.8 Å². The van der Waals surface area contributed by atoms with Crippen LogP contribution in [0.4, 0.5) is 0 Å². The van der Waals surface area contributed by atoms with Crippen molar-refractivity contribution < 1.29 is 19.1 Å². The van der Waals surface area contributed by atoms with Gasteiger partial charge in [-0.2, -0.15) is 0 Å². The highest BCUT2D eigenvalue weighted by Gasteiger charge is 2.60. The summed E-state index contributed by atoms with van der Waals surface area (Å²) in [6, 6.07) is 0. The Labute approximate surface area is 143 Å². The molecule has 0 bridgehead atoms. The molecule has 2 aliphatic carbocycles. The van der Waals surface area contributed by atoms with E-state index in [4.69, 9.17) is 9.47 Å². The van der Waals surface area contributed by atoms with E-state index in [9.17, 15) is 9.59 Å². The molecule has 130 valence electrons. The summed E-state index contributed by atoms with van der Waals surface area (Å²) in [6.45, 7) is 9.48. The fourth-order valence-electron chi connectivity index (χ4n) is 4.27. The molecule has 4 nitrogen and oxygen atoms in total. The minimum atomic E-state index is -1.20. The number of hydrogen-bond acceptors (Lipinski definition) is 4. The van der Waals surface area contributed by atoms with E-state index in [2.05, 4.69) is 19.9 Å². The van der Waals surface area contributed by atoms with Crippen LogP contribution in [0.2, 0.25) is 0 Å². The van der Waals surface area contributed by atoms with Crippen LogP contribution in [0.1, 0.15) is 53.9 Å². The van der Waals surface area contributed by atoms with Crippen molar-refractivity contribution in [2.24, 2.45) is 11.8 Å². The summed E-state index contributed by atoms with van der Waals surface area (Å²) in [7, 11) is 0. The Morgan fingerprint density at radius 1 is 1.42 bits per heavy atom. The van der Waals surface area contributed by atoms with E-state index in [1.165, 1.54) is 16.7 Å². The van der Waals surface area contributed by atoms with E-state index in [1.807, 2.05) is 0 Å². The summed E-state index contributed by atoms with van der Waals surface area (Å²) < 4.78 is 11.5. The Hall–Kier alpha value is -1.84. The van der Waals surface area contributed by atoms with Crippen LogP contribution in [0, 0.1) is 11.8 Å². The zero-order chi connectivity index (χ0) is 17.6. The van der Waals surface area contributed by atoms with Crippen molar-refractivity contribution in [1.29, 1.82) is 0 Å². The van der Waals surface area contributed by atoms with Gasteiger partial charge < -0.3 is 9.47 Å². The second-order valence-electron chi connectivity index (χ2n) is 7.42. The molecule has 24 heavy (non-hydrogen) atoms. The van der Waals surface area contributed by atoms with Crippen molar-refractivity contribution in [1.82, 2.24) is 0 Å². The molecule has 1 aliphatic heterocycles. The normalized spacial score (nSPS) is 35.9. The van der Waals surface area contributed by atoms with E-state index < -0.39 is 17.5 Å². The van der Waals surface area contributed by atoms with Crippen LogP contribution in [0.15, 0.2) is 34.4 Å². The number of hydrogen-bond donors (Lipinski definition) is 0. The maximum atomic E-state index is 12.6. The highest BCUT2D eigenvalue weighted by Crippen LogP contribution is 2.51. The number of carbonyl (C=O) groups excluding carboxylic acids is 2. The number of esters is 2. The zero-order valence-electron chi connectivity index (χ0n) is 15.1. The maximum Gasteiger partial charge on any atom is 0.351 e. The molecule has 0 aromatic rings. The standard InChI is InChI=1S/C20H26O4/c1-6-11(2)18(21)24-20(5)15-10-8-12(3)14-9-7-13(4)16(14)17(15)23-19(20)22/h6-7,15-17H,8-10H2,1-5H3/b11-6-/t15-,16+,17+,20-/m1/s1. The van der Waals surface area contributed by atoms with Gasteiger partial charge in [0.15, 0.2) is 0 Å². The number of rotatable bonds is 2. The summed E-state index contributed by atoms with van der Waals surface area (Å²) in [5.41, 5.74) is 3.33. The van der Waals surface area contributed by atoms with Gasteiger partial charge in [-0.1, -0.05) is 28.9 Å². The molecule has 1 saturated heterocycles. The molecular weight excluding hydrogens is 304 g/mol. The van der Waals surface area contributed by atoms with Crippen LogP contribution in [-0.2, 0) is 19.1 Å². The lowest BCUT2D eigenvalue weighted by atomic mass is 9.78. The van der Waals surface area contributed by atoms with Gasteiger partial charge in [0.05, 0.1) is 0 Å². The van der Waals surface area contributed by atoms with Gasteiger partial charge in [0.1, 0.15) is 6.10 Å². The van der Waals surface area contributed by atoms with Gasteiger partial charge in [-0.15, -0.1) is 0 Å². The molecule has 0 N–H and O–H groups in total. The number of fused-ring (bicyclic) bond motifs is 3. The molecule has 1 fully saturated rings. The Kier molecular flexibility index (Phi) is 4.18. The van der Waals surface area contributed by atoms with Crippen molar-refractivity contribution in [3.05, 3.63) is 34.4 Å². The van der Waals surface area contributed by atoms with Crippen molar-refractivity contribution in [3.8, 4) is 0 Å². The lowest BCUT2D eigenvalue weighted by Gasteiger charge is -2.30. The number of carbonyl (C=O) groups is 2. The molecule has 0 amide bonds. The summed E-state index contributed by atoms with van der Waals surface area (Å²) in [5.74, 6) is -0.818. The van der Waals surface area contributed by atoms with E-state index >= 15 is 0 Å². The monoisotopic (exact) mass is 330 g/mol. The van der Waals surface area contributed by atoms with E-state index in [-0.39, 0.29) is 17.9 Å². The van der Waals surface area contributed by atoms with Gasteiger partial charge in [0, 0.05) is 17.4 Å². The van der Waals surface area contributed by atoms with Crippen molar-refractivity contribution in [2.75, 3.05) is 0 Å². The van der Waals surface area contributed by atoms with Gasteiger partial charge >= 0.3 is 11.9 Å². The molecule has 0 saturated carbocycles. The number of allylic oxidation sites excluding steroid dienone is 3. The summed E-state index contributed by atoms with van der Waals surface area (Å²) in [5, 5.41) is 0. The van der Waals surface area contributed by atoms with Crippen molar-refractivity contribution >= 4 is 11.9 Å². The van der Waals surface area contributed by atoms with E-state index in [0.717, 1.165) is 19.3 Å². The van der Waals surface area contributed by atoms with Crippen molar-refractivity contribution in [3.63, 3.8) is 0 Å². The summed E-state index contributed by atoms with van der Waals surface area (Å²) in [4.78, 5) is 24.9. The first-order valence-electron chi connectivity index (χ1n) is 8.72. The minimum absolute atomic E-state index is 0.113. The predicted octanol–water partition coefficient (Wildman–Crippen LogP) is 3.87. The van der Waals surface area contributed by atoms with Crippen molar-refractivity contribution in [2.45, 2.75) is 65.6 Å². The second-order valence-corrected chi connectivity index (χ2v) is 7.42. The first-order chi connectivity index (χ1) is 11.3. The Bertz CT molecular complexity index is 682. The summed E-state index contributed by atoms with van der Waals surface area (Å²) in [6.07, 6.45) is 6.36. The second kappa shape index (κ2) is 5.91. The maximum absolute atomic E-state index is 12.6. The molecule has 0 aromatic heterocycles.